The molecule has 0 aromatic heterocycles. The molecule has 0 bridgehead atoms. The van der Waals surface area contributed by atoms with E-state index in [1.54, 1.807) is 12.1 Å². The standard InChI is InChI=1S/C18H15ClN2O7/c19-14-7-11(21(24)25)5-6-13(14)18(23)27-10-17(22)20-8-12-9-26-15-3-1-2-4-16(15)28-12/h1-7,12H,8-10H2,(H,20,22)/t12-/m1/s1. The number of ether oxygens (including phenoxy) is 3. The van der Waals surface area contributed by atoms with Crippen molar-refractivity contribution in [1.29, 1.82) is 0 Å². The summed E-state index contributed by atoms with van der Waals surface area (Å²) in [6.45, 7) is -0.0885. The van der Waals surface area contributed by atoms with E-state index >= 15 is 0 Å². The molecule has 2 aromatic rings. The number of carbonyl (C=O) groups excluding carboxylic acids is 2. The first-order valence-corrected chi connectivity index (χ1v) is 8.58. The number of benzene rings is 2. The highest BCUT2D eigenvalue weighted by atomic mass is 35.5. The number of fused-ring (bicyclic) bond motifs is 1. The molecule has 0 unspecified atom stereocenters. The molecule has 3 rings (SSSR count). The lowest BCUT2D eigenvalue weighted by Gasteiger charge is -2.26. The van der Waals surface area contributed by atoms with Gasteiger partial charge in [0.15, 0.2) is 18.1 Å². The Labute approximate surface area is 164 Å². The van der Waals surface area contributed by atoms with Crippen molar-refractivity contribution >= 4 is 29.2 Å². The van der Waals surface area contributed by atoms with E-state index in [2.05, 4.69) is 5.32 Å². The van der Waals surface area contributed by atoms with E-state index in [4.69, 9.17) is 25.8 Å². The van der Waals surface area contributed by atoms with Crippen molar-refractivity contribution in [2.75, 3.05) is 19.8 Å². The summed E-state index contributed by atoms with van der Waals surface area (Å²) in [5.74, 6) is -0.165. The lowest BCUT2D eigenvalue weighted by Crippen LogP contribution is -2.42. The van der Waals surface area contributed by atoms with E-state index in [1.165, 1.54) is 6.07 Å². The van der Waals surface area contributed by atoms with E-state index in [9.17, 15) is 19.7 Å². The molecule has 1 aliphatic heterocycles. The molecule has 2 aromatic carbocycles. The van der Waals surface area contributed by atoms with Gasteiger partial charge in [-0.15, -0.1) is 0 Å². The maximum Gasteiger partial charge on any atom is 0.340 e. The summed E-state index contributed by atoms with van der Waals surface area (Å²) in [5, 5.41) is 13.1. The summed E-state index contributed by atoms with van der Waals surface area (Å²) in [5.41, 5.74) is -0.323. The molecule has 0 saturated carbocycles. The number of nitrogens with one attached hydrogen (secondary N) is 1. The van der Waals surface area contributed by atoms with Gasteiger partial charge in [-0.1, -0.05) is 23.7 Å². The first-order valence-electron chi connectivity index (χ1n) is 8.20. The van der Waals surface area contributed by atoms with Gasteiger partial charge in [-0.25, -0.2) is 4.79 Å². The zero-order valence-electron chi connectivity index (χ0n) is 14.4. The first-order chi connectivity index (χ1) is 13.4. The molecule has 9 nitrogen and oxygen atoms in total. The molecule has 10 heteroatoms. The number of carbonyl (C=O) groups is 2. The maximum atomic E-state index is 12.0. The van der Waals surface area contributed by atoms with Crippen LogP contribution in [-0.2, 0) is 9.53 Å². The molecule has 1 heterocycles. The third-order valence-electron chi connectivity index (χ3n) is 3.81. The van der Waals surface area contributed by atoms with Crippen molar-refractivity contribution in [2.45, 2.75) is 6.10 Å². The van der Waals surface area contributed by atoms with Crippen molar-refractivity contribution in [1.82, 2.24) is 5.32 Å². The van der Waals surface area contributed by atoms with Crippen molar-refractivity contribution < 1.29 is 28.7 Å². The number of esters is 1. The molecule has 1 atom stereocenters. The molecule has 0 spiro atoms. The number of amides is 1. The molecule has 146 valence electrons. The van der Waals surface area contributed by atoms with Crippen molar-refractivity contribution in [3.8, 4) is 11.5 Å². The normalized spacial score (nSPS) is 14.8. The van der Waals surface area contributed by atoms with Gasteiger partial charge in [0, 0.05) is 12.1 Å². The highest BCUT2D eigenvalue weighted by molar-refractivity contribution is 6.33. The fourth-order valence-electron chi connectivity index (χ4n) is 2.43. The number of nitro groups is 1. The fraction of sp³-hybridized carbons (Fsp3) is 0.222. The molecule has 0 saturated heterocycles. The SMILES string of the molecule is O=C(COC(=O)c1ccc([N+](=O)[O-])cc1Cl)NC[C@@H]1COc2ccccc2O1. The van der Waals surface area contributed by atoms with E-state index in [-0.39, 0.29) is 35.5 Å². The topological polar surface area (TPSA) is 117 Å². The summed E-state index contributed by atoms with van der Waals surface area (Å²) in [7, 11) is 0. The first kappa shape index (κ1) is 19.4. The van der Waals surface area contributed by atoms with Crippen LogP contribution in [-0.4, -0.2) is 42.7 Å². The number of halogens is 1. The monoisotopic (exact) mass is 406 g/mol. The maximum absolute atomic E-state index is 12.0. The molecule has 0 radical (unpaired) electrons. The van der Waals surface area contributed by atoms with Crippen LogP contribution in [0.25, 0.3) is 0 Å². The molecule has 0 fully saturated rings. The minimum Gasteiger partial charge on any atom is -0.486 e. The van der Waals surface area contributed by atoms with Crippen molar-refractivity contribution in [3.05, 3.63) is 63.2 Å². The Morgan fingerprint density at radius 1 is 1.25 bits per heavy atom. The van der Waals surface area contributed by atoms with Gasteiger partial charge in [-0.05, 0) is 18.2 Å². The molecule has 0 aliphatic carbocycles. The average Bonchev–Trinajstić information content (AvgIpc) is 2.70. The largest absolute Gasteiger partial charge is 0.486 e. The van der Waals surface area contributed by atoms with Gasteiger partial charge in [-0.3, -0.25) is 14.9 Å². The Kier molecular flexibility index (Phi) is 5.95. The lowest BCUT2D eigenvalue weighted by molar-refractivity contribution is -0.384. The Morgan fingerprint density at radius 3 is 2.71 bits per heavy atom. The van der Waals surface area contributed by atoms with E-state index < -0.39 is 23.4 Å². The number of nitro benzene ring substituents is 1. The Bertz CT molecular complexity index is 919. The second-order valence-corrected chi connectivity index (χ2v) is 6.21. The number of para-hydroxylation sites is 2. The van der Waals surface area contributed by atoms with E-state index in [0.717, 1.165) is 12.1 Å². The van der Waals surface area contributed by atoms with Gasteiger partial charge in [0.1, 0.15) is 12.7 Å². The molecule has 28 heavy (non-hydrogen) atoms. The summed E-state index contributed by atoms with van der Waals surface area (Å²) in [4.78, 5) is 33.9. The van der Waals surface area contributed by atoms with Crippen LogP contribution in [0.3, 0.4) is 0 Å². The third kappa shape index (κ3) is 4.68. The Hall–Kier alpha value is -3.33. The van der Waals surface area contributed by atoms with Crippen LogP contribution < -0.4 is 14.8 Å². The minimum atomic E-state index is -0.860. The number of rotatable bonds is 6. The van der Waals surface area contributed by atoms with Crippen molar-refractivity contribution in [3.63, 3.8) is 0 Å². The average molecular weight is 407 g/mol. The van der Waals surface area contributed by atoms with Crippen LogP contribution >= 0.6 is 11.6 Å². The van der Waals surface area contributed by atoms with Crippen LogP contribution in [0.2, 0.25) is 5.02 Å². The predicted octanol–water partition coefficient (Wildman–Crippen LogP) is 2.36. The lowest BCUT2D eigenvalue weighted by atomic mass is 10.2. The number of hydrogen-bond donors (Lipinski definition) is 1. The Balaban J connectivity index is 1.46. The highest BCUT2D eigenvalue weighted by Crippen LogP contribution is 2.30. The van der Waals surface area contributed by atoms with E-state index in [0.29, 0.717) is 11.5 Å². The second-order valence-electron chi connectivity index (χ2n) is 5.80. The second kappa shape index (κ2) is 8.57. The quantitative estimate of drug-likeness (QED) is 0.444. The van der Waals surface area contributed by atoms with Crippen molar-refractivity contribution in [2.24, 2.45) is 0 Å². The smallest absolute Gasteiger partial charge is 0.340 e. The van der Waals surface area contributed by atoms with Crippen LogP contribution in [0.5, 0.6) is 11.5 Å². The summed E-state index contributed by atoms with van der Waals surface area (Å²) in [6.07, 6.45) is -0.376. The minimum absolute atomic E-state index is 0.0688. The van der Waals surface area contributed by atoms with Crippen LogP contribution in [0.15, 0.2) is 42.5 Å². The zero-order chi connectivity index (χ0) is 20.1. The zero-order valence-corrected chi connectivity index (χ0v) is 15.2. The molecule has 1 amide bonds. The summed E-state index contributed by atoms with van der Waals surface area (Å²) >= 11 is 5.85. The summed E-state index contributed by atoms with van der Waals surface area (Å²) < 4.78 is 16.1. The third-order valence-corrected chi connectivity index (χ3v) is 4.12. The number of non-ortho nitro benzene ring substituents is 1. The number of hydrogen-bond acceptors (Lipinski definition) is 7. The fourth-order valence-corrected chi connectivity index (χ4v) is 2.69. The highest BCUT2D eigenvalue weighted by Gasteiger charge is 2.22. The van der Waals surface area contributed by atoms with E-state index in [1.807, 2.05) is 12.1 Å². The Morgan fingerprint density at radius 2 is 2.00 bits per heavy atom. The van der Waals surface area contributed by atoms with Gasteiger partial charge in [0.05, 0.1) is 22.1 Å². The molecule has 1 N–H and O–H groups in total. The predicted molar refractivity (Wildman–Crippen MR) is 97.8 cm³/mol. The van der Waals surface area contributed by atoms with Crippen LogP contribution in [0.1, 0.15) is 10.4 Å². The molecule has 1 aliphatic rings. The molecular formula is C18H15ClN2O7. The number of nitrogens with zero attached hydrogens (tertiary/aromatic N) is 1. The summed E-state index contributed by atoms with van der Waals surface area (Å²) in [6, 6.07) is 10.5. The van der Waals surface area contributed by atoms with Crippen LogP contribution in [0.4, 0.5) is 5.69 Å². The van der Waals surface area contributed by atoms with Gasteiger partial charge >= 0.3 is 5.97 Å². The van der Waals surface area contributed by atoms with Gasteiger partial charge in [0.2, 0.25) is 0 Å². The van der Waals surface area contributed by atoms with Gasteiger partial charge in [0.25, 0.3) is 11.6 Å². The van der Waals surface area contributed by atoms with Gasteiger partial charge < -0.3 is 19.5 Å². The van der Waals surface area contributed by atoms with Crippen LogP contribution in [0, 0.1) is 10.1 Å². The van der Waals surface area contributed by atoms with Gasteiger partial charge in [-0.2, -0.15) is 0 Å². The molecular weight excluding hydrogens is 392 g/mol.